The Balaban J connectivity index is 1.68. The Hall–Kier alpha value is -2.37. The Morgan fingerprint density at radius 2 is 2.04 bits per heavy atom. The van der Waals surface area contributed by atoms with E-state index in [1.54, 1.807) is 6.92 Å². The monoisotopic (exact) mass is 354 g/mol. The smallest absolute Gasteiger partial charge is 0.274 e. The second-order valence-electron chi connectivity index (χ2n) is 7.81. The molecular formula is C20H26N4O2. The van der Waals surface area contributed by atoms with E-state index in [0.717, 1.165) is 50.1 Å². The fourth-order valence-electron chi connectivity index (χ4n) is 4.90. The lowest BCUT2D eigenvalue weighted by Crippen LogP contribution is -2.68. The highest BCUT2D eigenvalue weighted by molar-refractivity contribution is 5.93. The molecule has 2 amide bonds. The summed E-state index contributed by atoms with van der Waals surface area (Å²) in [5, 5.41) is 0. The first-order valence-electron chi connectivity index (χ1n) is 9.46. The lowest BCUT2D eigenvalue weighted by molar-refractivity contribution is -0.143. The molecule has 0 radical (unpaired) electrons. The van der Waals surface area contributed by atoms with Crippen molar-refractivity contribution in [3.8, 4) is 0 Å². The van der Waals surface area contributed by atoms with Crippen LogP contribution >= 0.6 is 0 Å². The van der Waals surface area contributed by atoms with Crippen molar-refractivity contribution in [2.45, 2.75) is 58.0 Å². The van der Waals surface area contributed by atoms with Gasteiger partial charge in [-0.2, -0.15) is 0 Å². The highest BCUT2D eigenvalue weighted by Gasteiger charge is 2.49. The van der Waals surface area contributed by atoms with Gasteiger partial charge in [-0.15, -0.1) is 0 Å². The molecule has 0 aromatic carbocycles. The number of aryl methyl sites for hydroxylation is 1. The van der Waals surface area contributed by atoms with Crippen LogP contribution in [0.3, 0.4) is 0 Å². The summed E-state index contributed by atoms with van der Waals surface area (Å²) in [6.45, 7) is 7.31. The van der Waals surface area contributed by atoms with Crippen molar-refractivity contribution < 1.29 is 9.59 Å². The maximum Gasteiger partial charge on any atom is 0.274 e. The summed E-state index contributed by atoms with van der Waals surface area (Å²) in [6, 6.07) is 5.94. The summed E-state index contributed by atoms with van der Waals surface area (Å²) in [5.41, 5.74) is 2.07. The maximum atomic E-state index is 13.3. The zero-order chi connectivity index (χ0) is 18.5. The van der Waals surface area contributed by atoms with E-state index in [-0.39, 0.29) is 23.4 Å². The number of fused-ring (bicyclic) bond motifs is 2. The zero-order valence-corrected chi connectivity index (χ0v) is 15.7. The van der Waals surface area contributed by atoms with Crippen LogP contribution in [0.5, 0.6) is 0 Å². The Morgan fingerprint density at radius 1 is 1.23 bits per heavy atom. The van der Waals surface area contributed by atoms with Crippen molar-refractivity contribution in [2.24, 2.45) is 0 Å². The van der Waals surface area contributed by atoms with Gasteiger partial charge in [-0.3, -0.25) is 9.59 Å². The number of amides is 2. The van der Waals surface area contributed by atoms with Crippen LogP contribution < -0.4 is 0 Å². The highest BCUT2D eigenvalue weighted by Crippen LogP contribution is 2.39. The number of rotatable bonds is 1. The van der Waals surface area contributed by atoms with Gasteiger partial charge in [0.25, 0.3) is 5.91 Å². The van der Waals surface area contributed by atoms with E-state index in [1.807, 2.05) is 45.5 Å². The van der Waals surface area contributed by atoms with Gasteiger partial charge in [0, 0.05) is 31.9 Å². The number of imidazole rings is 1. The number of hydrogen-bond acceptors (Lipinski definition) is 3. The molecule has 2 aromatic rings. The molecule has 2 atom stereocenters. The van der Waals surface area contributed by atoms with Gasteiger partial charge in [0.05, 0.1) is 11.6 Å². The lowest BCUT2D eigenvalue weighted by Gasteiger charge is -2.56. The molecule has 4 heterocycles. The van der Waals surface area contributed by atoms with E-state index in [9.17, 15) is 9.59 Å². The molecule has 6 nitrogen and oxygen atoms in total. The van der Waals surface area contributed by atoms with Gasteiger partial charge in [0.15, 0.2) is 0 Å². The van der Waals surface area contributed by atoms with Gasteiger partial charge in [0.1, 0.15) is 11.3 Å². The molecule has 2 fully saturated rings. The fraction of sp³-hybridized carbons (Fsp3) is 0.550. The van der Waals surface area contributed by atoms with Crippen LogP contribution in [-0.2, 0) is 4.79 Å². The first-order valence-corrected chi connectivity index (χ1v) is 9.46. The average molecular weight is 354 g/mol. The number of piperidine rings is 2. The fourth-order valence-corrected chi connectivity index (χ4v) is 4.90. The largest absolute Gasteiger partial charge is 0.335 e. The molecule has 0 aliphatic carbocycles. The van der Waals surface area contributed by atoms with Crippen LogP contribution in [-0.4, -0.2) is 55.7 Å². The zero-order valence-electron chi connectivity index (χ0n) is 15.7. The van der Waals surface area contributed by atoms with Crippen molar-refractivity contribution in [2.75, 3.05) is 13.1 Å². The van der Waals surface area contributed by atoms with Crippen molar-refractivity contribution in [1.82, 2.24) is 19.2 Å². The van der Waals surface area contributed by atoms with Gasteiger partial charge in [-0.05, 0) is 51.7 Å². The second kappa shape index (κ2) is 6.11. The molecule has 2 saturated heterocycles. The minimum atomic E-state index is -0.271. The Bertz CT molecular complexity index is 874. The quantitative estimate of drug-likeness (QED) is 0.791. The molecule has 4 rings (SSSR count). The maximum absolute atomic E-state index is 13.3. The number of aromatic nitrogens is 2. The summed E-state index contributed by atoms with van der Waals surface area (Å²) in [7, 11) is 0. The number of pyridine rings is 1. The third-order valence-electron chi connectivity index (χ3n) is 6.21. The van der Waals surface area contributed by atoms with Crippen LogP contribution in [0.1, 0.15) is 55.7 Å². The topological polar surface area (TPSA) is 57.9 Å². The molecule has 2 aliphatic heterocycles. The molecule has 0 unspecified atom stereocenters. The first kappa shape index (κ1) is 17.1. The number of carbonyl (C=O) groups is 2. The van der Waals surface area contributed by atoms with Gasteiger partial charge in [0.2, 0.25) is 5.91 Å². The predicted octanol–water partition coefficient (Wildman–Crippen LogP) is 2.65. The summed E-state index contributed by atoms with van der Waals surface area (Å²) >= 11 is 0. The molecule has 26 heavy (non-hydrogen) atoms. The third kappa shape index (κ3) is 2.50. The Labute approximate surface area is 153 Å². The van der Waals surface area contributed by atoms with Crippen molar-refractivity contribution >= 4 is 17.5 Å². The average Bonchev–Trinajstić information content (AvgIpc) is 3.05. The normalized spacial score (nSPS) is 26.0. The Kier molecular flexibility index (Phi) is 4.01. The van der Waals surface area contributed by atoms with Crippen LogP contribution in [0.15, 0.2) is 24.4 Å². The van der Waals surface area contributed by atoms with Crippen molar-refractivity contribution in [1.29, 1.82) is 0 Å². The van der Waals surface area contributed by atoms with Crippen LogP contribution in [0, 0.1) is 6.92 Å². The second-order valence-corrected chi connectivity index (χ2v) is 7.81. The number of carbonyl (C=O) groups excluding carboxylic acids is 2. The molecule has 138 valence electrons. The summed E-state index contributed by atoms with van der Waals surface area (Å²) in [5.74, 6) is 0.0873. The highest BCUT2D eigenvalue weighted by atomic mass is 16.2. The van der Waals surface area contributed by atoms with E-state index < -0.39 is 0 Å². The summed E-state index contributed by atoms with van der Waals surface area (Å²) < 4.78 is 1.96. The van der Waals surface area contributed by atoms with Crippen molar-refractivity contribution in [3.05, 3.63) is 35.8 Å². The minimum absolute atomic E-state index is 0.0190. The number of likely N-dealkylation sites (tertiary alicyclic amines) is 2. The van der Waals surface area contributed by atoms with E-state index in [2.05, 4.69) is 11.9 Å². The van der Waals surface area contributed by atoms with Gasteiger partial charge in [-0.1, -0.05) is 6.07 Å². The van der Waals surface area contributed by atoms with E-state index in [1.165, 1.54) is 0 Å². The number of nitrogens with zero attached hydrogens (tertiary/aromatic N) is 4. The van der Waals surface area contributed by atoms with E-state index >= 15 is 0 Å². The molecular weight excluding hydrogens is 328 g/mol. The van der Waals surface area contributed by atoms with E-state index in [0.29, 0.717) is 5.69 Å². The van der Waals surface area contributed by atoms with Crippen LogP contribution in [0.2, 0.25) is 0 Å². The van der Waals surface area contributed by atoms with Crippen molar-refractivity contribution in [3.63, 3.8) is 0 Å². The number of hydrogen-bond donors (Lipinski definition) is 0. The lowest BCUT2D eigenvalue weighted by atomic mass is 9.76. The molecule has 0 saturated carbocycles. The van der Waals surface area contributed by atoms with Crippen LogP contribution in [0.4, 0.5) is 0 Å². The van der Waals surface area contributed by atoms with Gasteiger partial charge >= 0.3 is 0 Å². The van der Waals surface area contributed by atoms with Crippen LogP contribution in [0.25, 0.3) is 5.65 Å². The molecule has 0 spiro atoms. The summed E-state index contributed by atoms with van der Waals surface area (Å²) in [6.07, 6.45) is 5.58. The molecule has 0 N–H and O–H groups in total. The molecule has 0 bridgehead atoms. The molecule has 6 heteroatoms. The molecule has 2 aliphatic rings. The molecule has 2 aromatic heterocycles. The van der Waals surface area contributed by atoms with Gasteiger partial charge < -0.3 is 14.2 Å². The predicted molar refractivity (Wildman–Crippen MR) is 99.0 cm³/mol. The first-order chi connectivity index (χ1) is 12.4. The van der Waals surface area contributed by atoms with E-state index in [4.69, 9.17) is 0 Å². The summed E-state index contributed by atoms with van der Waals surface area (Å²) in [4.78, 5) is 34.0. The third-order valence-corrected chi connectivity index (χ3v) is 6.21. The Morgan fingerprint density at radius 3 is 2.77 bits per heavy atom. The standard InChI is InChI=1S/C20H26N4O2/c1-14-7-4-9-18-21-16(13-23(14)18)19(26)22-11-6-10-20(3)17(22)8-5-12-24(20)15(2)25/h4,7,9,13,17H,5-6,8,10-12H2,1-3H3/t17-,20+/m1/s1. The SMILES string of the molecule is CC(=O)N1CCC[C@H]2N(C(=O)c3cn4c(C)cccc4n3)CCC[C@@]21C. The minimum Gasteiger partial charge on any atom is -0.335 e. The van der Waals surface area contributed by atoms with Gasteiger partial charge in [-0.25, -0.2) is 4.98 Å².